The number of benzene rings is 2. The van der Waals surface area contributed by atoms with E-state index in [1.807, 2.05) is 18.2 Å². The Bertz CT molecular complexity index is 1080. The second-order valence-electron chi connectivity index (χ2n) is 6.72. The molecule has 9 heteroatoms. The molecular formula is C22H21ClN4O4. The van der Waals surface area contributed by atoms with Crippen LogP contribution in [0.3, 0.4) is 0 Å². The second-order valence-corrected chi connectivity index (χ2v) is 7.13. The van der Waals surface area contributed by atoms with Crippen LogP contribution < -0.4 is 16.4 Å². The van der Waals surface area contributed by atoms with Crippen molar-refractivity contribution in [3.05, 3.63) is 76.8 Å². The molecule has 4 N–H and O–H groups in total. The lowest BCUT2D eigenvalue weighted by Gasteiger charge is -2.06. The Morgan fingerprint density at radius 1 is 1.03 bits per heavy atom. The highest BCUT2D eigenvalue weighted by Gasteiger charge is 2.11. The van der Waals surface area contributed by atoms with Gasteiger partial charge in [-0.05, 0) is 29.8 Å². The standard InChI is InChI=1S/C22H21ClN4O4/c23-17-4-2-1-3-16(17)18-12-26-21(31-18)10-9-20(29)25-11-14-5-7-15(8-6-14)22(30)27-13-19(24)28/h1-8,12H,9-11,13H2,(H2,24,28)(H,25,29)(H,27,30). The average molecular weight is 441 g/mol. The molecule has 0 saturated heterocycles. The number of rotatable bonds is 9. The number of halogens is 1. The largest absolute Gasteiger partial charge is 0.441 e. The molecule has 1 heterocycles. The summed E-state index contributed by atoms with van der Waals surface area (Å²) in [5, 5.41) is 5.79. The van der Waals surface area contributed by atoms with Crippen molar-refractivity contribution in [1.82, 2.24) is 15.6 Å². The highest BCUT2D eigenvalue weighted by Crippen LogP contribution is 2.28. The topological polar surface area (TPSA) is 127 Å². The zero-order valence-corrected chi connectivity index (χ0v) is 17.3. The lowest BCUT2D eigenvalue weighted by atomic mass is 10.1. The van der Waals surface area contributed by atoms with Gasteiger partial charge in [0.15, 0.2) is 11.7 Å². The Kier molecular flexibility index (Phi) is 7.40. The predicted octanol–water partition coefficient (Wildman–Crippen LogP) is 2.46. The Balaban J connectivity index is 1.45. The van der Waals surface area contributed by atoms with Gasteiger partial charge in [-0.2, -0.15) is 0 Å². The van der Waals surface area contributed by atoms with Crippen LogP contribution in [0.4, 0.5) is 0 Å². The van der Waals surface area contributed by atoms with Crippen molar-refractivity contribution in [3.63, 3.8) is 0 Å². The quantitative estimate of drug-likeness (QED) is 0.471. The van der Waals surface area contributed by atoms with E-state index in [0.29, 0.717) is 35.2 Å². The third kappa shape index (κ3) is 6.42. The number of hydrogen-bond acceptors (Lipinski definition) is 5. The van der Waals surface area contributed by atoms with Gasteiger partial charge in [-0.15, -0.1) is 0 Å². The van der Waals surface area contributed by atoms with Gasteiger partial charge in [-0.25, -0.2) is 4.98 Å². The summed E-state index contributed by atoms with van der Waals surface area (Å²) in [7, 11) is 0. The molecule has 2 aromatic carbocycles. The normalized spacial score (nSPS) is 10.5. The van der Waals surface area contributed by atoms with Crippen molar-refractivity contribution < 1.29 is 18.8 Å². The Labute approximate surface area is 183 Å². The van der Waals surface area contributed by atoms with E-state index in [0.717, 1.165) is 11.1 Å². The van der Waals surface area contributed by atoms with Crippen LogP contribution in [0.2, 0.25) is 5.02 Å². The number of nitrogens with zero attached hydrogens (tertiary/aromatic N) is 1. The van der Waals surface area contributed by atoms with E-state index in [1.165, 1.54) is 0 Å². The Hall–Kier alpha value is -3.65. The molecule has 0 saturated carbocycles. The smallest absolute Gasteiger partial charge is 0.251 e. The van der Waals surface area contributed by atoms with Gasteiger partial charge in [0.05, 0.1) is 17.8 Å². The number of carbonyl (C=O) groups is 3. The van der Waals surface area contributed by atoms with E-state index in [4.69, 9.17) is 21.8 Å². The van der Waals surface area contributed by atoms with Crippen molar-refractivity contribution in [3.8, 4) is 11.3 Å². The van der Waals surface area contributed by atoms with Gasteiger partial charge >= 0.3 is 0 Å². The fourth-order valence-corrected chi connectivity index (χ4v) is 2.99. The summed E-state index contributed by atoms with van der Waals surface area (Å²) in [6, 6.07) is 14.0. The van der Waals surface area contributed by atoms with Crippen LogP contribution in [-0.4, -0.2) is 29.3 Å². The molecule has 3 aromatic rings. The maximum Gasteiger partial charge on any atom is 0.251 e. The molecule has 0 unspecified atom stereocenters. The number of carbonyl (C=O) groups excluding carboxylic acids is 3. The van der Waals surface area contributed by atoms with Gasteiger partial charge in [0.1, 0.15) is 0 Å². The van der Waals surface area contributed by atoms with Gasteiger partial charge in [0.2, 0.25) is 11.8 Å². The van der Waals surface area contributed by atoms with Crippen molar-refractivity contribution in [2.45, 2.75) is 19.4 Å². The van der Waals surface area contributed by atoms with Crippen molar-refractivity contribution in [2.75, 3.05) is 6.54 Å². The van der Waals surface area contributed by atoms with Crippen molar-refractivity contribution in [2.24, 2.45) is 5.73 Å². The number of nitrogens with one attached hydrogen (secondary N) is 2. The van der Waals surface area contributed by atoms with E-state index < -0.39 is 11.8 Å². The number of aryl methyl sites for hydroxylation is 1. The molecule has 0 bridgehead atoms. The summed E-state index contributed by atoms with van der Waals surface area (Å²) in [6.07, 6.45) is 2.17. The third-order valence-electron chi connectivity index (χ3n) is 4.39. The first-order chi connectivity index (χ1) is 14.9. The Morgan fingerprint density at radius 3 is 2.48 bits per heavy atom. The molecule has 8 nitrogen and oxygen atoms in total. The van der Waals surface area contributed by atoms with E-state index in [9.17, 15) is 14.4 Å². The summed E-state index contributed by atoms with van der Waals surface area (Å²) in [5.74, 6) is -0.146. The van der Waals surface area contributed by atoms with Crippen LogP contribution in [0.1, 0.15) is 28.2 Å². The second kappa shape index (κ2) is 10.4. The van der Waals surface area contributed by atoms with Gasteiger partial charge < -0.3 is 20.8 Å². The highest BCUT2D eigenvalue weighted by atomic mass is 35.5. The van der Waals surface area contributed by atoms with Gasteiger partial charge in [-0.1, -0.05) is 35.9 Å². The molecule has 3 rings (SSSR count). The lowest BCUT2D eigenvalue weighted by molar-refractivity contribution is -0.121. The summed E-state index contributed by atoms with van der Waals surface area (Å²) in [5.41, 5.74) is 6.97. The van der Waals surface area contributed by atoms with E-state index in [-0.39, 0.29) is 18.9 Å². The molecule has 160 valence electrons. The van der Waals surface area contributed by atoms with E-state index in [1.54, 1.807) is 36.5 Å². The summed E-state index contributed by atoms with van der Waals surface area (Å²) in [6.45, 7) is 0.0968. The van der Waals surface area contributed by atoms with Crippen LogP contribution in [-0.2, 0) is 22.6 Å². The number of amides is 3. The zero-order chi connectivity index (χ0) is 22.2. The molecule has 0 aliphatic carbocycles. The minimum Gasteiger partial charge on any atom is -0.441 e. The van der Waals surface area contributed by atoms with Crippen LogP contribution >= 0.6 is 11.6 Å². The maximum absolute atomic E-state index is 12.1. The number of nitrogens with two attached hydrogens (primary N) is 1. The highest BCUT2D eigenvalue weighted by molar-refractivity contribution is 6.33. The number of primary amides is 1. The zero-order valence-electron chi connectivity index (χ0n) is 16.6. The molecule has 1 aromatic heterocycles. The minimum absolute atomic E-state index is 0.152. The fourth-order valence-electron chi connectivity index (χ4n) is 2.76. The van der Waals surface area contributed by atoms with E-state index in [2.05, 4.69) is 15.6 Å². The van der Waals surface area contributed by atoms with Gasteiger partial charge in [0.25, 0.3) is 5.91 Å². The first kappa shape index (κ1) is 22.0. The summed E-state index contributed by atoms with van der Waals surface area (Å²) in [4.78, 5) is 38.9. The molecule has 0 aliphatic rings. The number of oxazole rings is 1. The molecule has 31 heavy (non-hydrogen) atoms. The Morgan fingerprint density at radius 2 is 1.77 bits per heavy atom. The average Bonchev–Trinajstić information content (AvgIpc) is 3.24. The molecular weight excluding hydrogens is 420 g/mol. The first-order valence-corrected chi connectivity index (χ1v) is 9.92. The summed E-state index contributed by atoms with van der Waals surface area (Å²) < 4.78 is 5.69. The monoisotopic (exact) mass is 440 g/mol. The minimum atomic E-state index is -0.613. The van der Waals surface area contributed by atoms with Crippen LogP contribution in [0, 0.1) is 0 Å². The van der Waals surface area contributed by atoms with Gasteiger partial charge in [0, 0.05) is 30.5 Å². The van der Waals surface area contributed by atoms with Crippen molar-refractivity contribution >= 4 is 29.3 Å². The molecule has 0 spiro atoms. The lowest BCUT2D eigenvalue weighted by Crippen LogP contribution is -2.33. The first-order valence-electron chi connectivity index (χ1n) is 9.54. The van der Waals surface area contributed by atoms with Crippen LogP contribution in [0.25, 0.3) is 11.3 Å². The summed E-state index contributed by atoms with van der Waals surface area (Å²) >= 11 is 6.16. The maximum atomic E-state index is 12.1. The fraction of sp³-hybridized carbons (Fsp3) is 0.182. The number of hydrogen-bond donors (Lipinski definition) is 3. The van der Waals surface area contributed by atoms with E-state index >= 15 is 0 Å². The molecule has 0 atom stereocenters. The van der Waals surface area contributed by atoms with Crippen LogP contribution in [0.5, 0.6) is 0 Å². The molecule has 0 radical (unpaired) electrons. The molecule has 3 amide bonds. The van der Waals surface area contributed by atoms with Crippen molar-refractivity contribution in [1.29, 1.82) is 0 Å². The molecule has 0 fully saturated rings. The predicted molar refractivity (Wildman–Crippen MR) is 115 cm³/mol. The van der Waals surface area contributed by atoms with Crippen LogP contribution in [0.15, 0.2) is 59.1 Å². The third-order valence-corrected chi connectivity index (χ3v) is 4.72. The molecule has 0 aliphatic heterocycles. The SMILES string of the molecule is NC(=O)CNC(=O)c1ccc(CNC(=O)CCc2ncc(-c3ccccc3Cl)o2)cc1. The number of aromatic nitrogens is 1. The van der Waals surface area contributed by atoms with Gasteiger partial charge in [-0.3, -0.25) is 14.4 Å².